The Bertz CT molecular complexity index is 710. The first kappa shape index (κ1) is 19.8. The lowest BCUT2D eigenvalue weighted by Gasteiger charge is -2.40. The van der Waals surface area contributed by atoms with Gasteiger partial charge >= 0.3 is 5.97 Å². The van der Waals surface area contributed by atoms with Crippen molar-refractivity contribution in [2.75, 3.05) is 17.6 Å². The number of ether oxygens (including phenoxy) is 2. The second-order valence-electron chi connectivity index (χ2n) is 8.19. The number of benzene rings is 1. The van der Waals surface area contributed by atoms with Crippen LogP contribution in [-0.4, -0.2) is 35.2 Å². The second kappa shape index (κ2) is 6.61. The molecule has 0 aromatic heterocycles. The van der Waals surface area contributed by atoms with Gasteiger partial charge < -0.3 is 25.1 Å². The summed E-state index contributed by atoms with van der Waals surface area (Å²) in [5, 5.41) is 39.5. The minimum absolute atomic E-state index is 0.138. The highest BCUT2D eigenvalue weighted by molar-refractivity contribution is 5.92. The van der Waals surface area contributed by atoms with Crippen LogP contribution in [0.15, 0.2) is 18.2 Å². The van der Waals surface area contributed by atoms with Crippen LogP contribution in [0.2, 0.25) is 0 Å². The van der Waals surface area contributed by atoms with Crippen molar-refractivity contribution in [2.24, 2.45) is 17.3 Å². The quantitative estimate of drug-likeness (QED) is 0.585. The third kappa shape index (κ3) is 3.48. The molecule has 0 heterocycles. The summed E-state index contributed by atoms with van der Waals surface area (Å²) in [6.07, 6.45) is 1.14. The zero-order chi connectivity index (χ0) is 20.1. The van der Waals surface area contributed by atoms with Crippen molar-refractivity contribution < 1.29 is 24.7 Å². The van der Waals surface area contributed by atoms with Gasteiger partial charge in [-0.15, -0.1) is 5.23 Å². The van der Waals surface area contributed by atoms with E-state index in [4.69, 9.17) is 9.47 Å². The maximum absolute atomic E-state index is 12.7. The van der Waals surface area contributed by atoms with Gasteiger partial charge in [0, 0.05) is 12.8 Å². The molecule has 1 aromatic rings. The highest BCUT2D eigenvalue weighted by Gasteiger charge is 2.65. The normalized spacial score (nSPS) is 31.0. The minimum Gasteiger partial charge on any atom is -0.769 e. The Morgan fingerprint density at radius 2 is 1.78 bits per heavy atom. The third-order valence-electron chi connectivity index (χ3n) is 6.25. The molecule has 2 aliphatic rings. The van der Waals surface area contributed by atoms with Gasteiger partial charge in [0.2, 0.25) is 0 Å². The molecule has 0 bridgehead atoms. The standard InChI is InChI=1S/C18H24N2O7/c1-17(2)13-8-15(26-4)18(3,9-14(13)17)27-16(21)10-5-11(19(22)23)7-12(6-10)20(24)25/h5-7,13-15,22-23H,8-9H2,1-4H3/q-2/t13-,14-,15-,18-/m1/s1. The zero-order valence-corrected chi connectivity index (χ0v) is 15.7. The van der Waals surface area contributed by atoms with Crippen LogP contribution in [-0.2, 0) is 9.47 Å². The molecule has 2 aliphatic carbocycles. The van der Waals surface area contributed by atoms with Gasteiger partial charge in [-0.2, -0.15) is 0 Å². The van der Waals surface area contributed by atoms with E-state index in [1.165, 1.54) is 0 Å². The Hall–Kier alpha value is -1.91. The molecular weight excluding hydrogens is 356 g/mol. The molecule has 2 N–H and O–H groups in total. The number of methoxy groups -OCH3 is 1. The molecule has 4 atom stereocenters. The number of anilines is 2. The average molecular weight is 380 g/mol. The number of carbonyl (C=O) groups excluding carboxylic acids is 1. The number of nitrogens with zero attached hydrogens (tertiary/aromatic N) is 2. The summed E-state index contributed by atoms with van der Waals surface area (Å²) in [4.78, 5) is 12.7. The fraction of sp³-hybridized carbons (Fsp3) is 0.611. The molecule has 2 saturated carbocycles. The third-order valence-corrected chi connectivity index (χ3v) is 6.25. The summed E-state index contributed by atoms with van der Waals surface area (Å²) < 4.78 is 11.3. The number of carbonyl (C=O) groups is 1. The van der Waals surface area contributed by atoms with Crippen LogP contribution in [0.5, 0.6) is 0 Å². The first-order valence-electron chi connectivity index (χ1n) is 8.73. The largest absolute Gasteiger partial charge is 0.769 e. The van der Waals surface area contributed by atoms with Crippen LogP contribution in [0.25, 0.3) is 0 Å². The van der Waals surface area contributed by atoms with E-state index in [1.807, 2.05) is 6.92 Å². The van der Waals surface area contributed by atoms with E-state index in [0.717, 1.165) is 24.6 Å². The Morgan fingerprint density at radius 3 is 2.33 bits per heavy atom. The second-order valence-corrected chi connectivity index (χ2v) is 8.19. The van der Waals surface area contributed by atoms with Crippen molar-refractivity contribution in [3.63, 3.8) is 0 Å². The molecule has 0 spiro atoms. The molecule has 9 nitrogen and oxygen atoms in total. The molecule has 2 fully saturated rings. The predicted molar refractivity (Wildman–Crippen MR) is 96.3 cm³/mol. The Labute approximate surface area is 157 Å². The van der Waals surface area contributed by atoms with Crippen LogP contribution in [0, 0.1) is 27.7 Å². The number of hydrogen-bond acceptors (Lipinski definition) is 9. The summed E-state index contributed by atoms with van der Waals surface area (Å²) >= 11 is 0. The summed E-state index contributed by atoms with van der Waals surface area (Å²) in [5.74, 6) is 0.173. The van der Waals surface area contributed by atoms with E-state index in [2.05, 4.69) is 13.8 Å². The predicted octanol–water partition coefficient (Wildman–Crippen LogP) is 3.07. The number of fused-ring (bicyclic) bond motifs is 1. The molecule has 1 aromatic carbocycles. The average Bonchev–Trinajstić information content (AvgIpc) is 3.11. The first-order valence-corrected chi connectivity index (χ1v) is 8.73. The lowest BCUT2D eigenvalue weighted by Crippen LogP contribution is -2.47. The lowest BCUT2D eigenvalue weighted by molar-refractivity contribution is -0.116. The van der Waals surface area contributed by atoms with Gasteiger partial charge in [0.15, 0.2) is 0 Å². The maximum atomic E-state index is 12.7. The van der Waals surface area contributed by atoms with Gasteiger partial charge in [-0.1, -0.05) is 13.8 Å². The first-order chi connectivity index (χ1) is 12.5. The fourth-order valence-electron chi connectivity index (χ4n) is 4.44. The zero-order valence-electron chi connectivity index (χ0n) is 15.7. The van der Waals surface area contributed by atoms with E-state index < -0.39 is 22.5 Å². The molecule has 3 rings (SSSR count). The van der Waals surface area contributed by atoms with Crippen molar-refractivity contribution >= 4 is 17.3 Å². The van der Waals surface area contributed by atoms with Gasteiger partial charge in [-0.25, -0.2) is 4.79 Å². The minimum atomic E-state index is -0.871. The lowest BCUT2D eigenvalue weighted by atomic mass is 9.83. The van der Waals surface area contributed by atoms with Crippen molar-refractivity contribution in [1.29, 1.82) is 0 Å². The van der Waals surface area contributed by atoms with Crippen molar-refractivity contribution in [1.82, 2.24) is 0 Å². The number of esters is 1. The Morgan fingerprint density at radius 1 is 1.15 bits per heavy atom. The van der Waals surface area contributed by atoms with E-state index >= 15 is 0 Å². The van der Waals surface area contributed by atoms with Gasteiger partial charge in [0.05, 0.1) is 17.4 Å². The molecule has 9 heteroatoms. The van der Waals surface area contributed by atoms with Gasteiger partial charge in [0.25, 0.3) is 0 Å². The molecule has 27 heavy (non-hydrogen) atoms. The maximum Gasteiger partial charge on any atom is 0.338 e. The molecule has 0 amide bonds. The molecule has 0 unspecified atom stereocenters. The summed E-state index contributed by atoms with van der Waals surface area (Å²) in [7, 11) is 1.58. The number of rotatable bonds is 5. The van der Waals surface area contributed by atoms with Crippen LogP contribution in [0.3, 0.4) is 0 Å². The molecular formula is C18H24N2O7-2. The van der Waals surface area contributed by atoms with Crippen molar-refractivity contribution in [3.8, 4) is 0 Å². The van der Waals surface area contributed by atoms with Gasteiger partial charge in [-0.3, -0.25) is 10.4 Å². The van der Waals surface area contributed by atoms with Gasteiger partial charge in [0.1, 0.15) is 5.60 Å². The monoisotopic (exact) mass is 380 g/mol. The van der Waals surface area contributed by atoms with E-state index in [0.29, 0.717) is 18.3 Å². The van der Waals surface area contributed by atoms with E-state index in [9.17, 15) is 25.6 Å². The Kier molecular flexibility index (Phi) is 4.86. The van der Waals surface area contributed by atoms with Crippen molar-refractivity contribution in [2.45, 2.75) is 45.3 Å². The van der Waals surface area contributed by atoms with E-state index in [-0.39, 0.29) is 28.0 Å². The summed E-state index contributed by atoms with van der Waals surface area (Å²) in [6.45, 7) is 6.19. The smallest absolute Gasteiger partial charge is 0.338 e. The molecule has 0 radical (unpaired) electrons. The Balaban J connectivity index is 1.86. The topological polar surface area (TPSA) is 129 Å². The van der Waals surface area contributed by atoms with Crippen molar-refractivity contribution in [3.05, 3.63) is 34.2 Å². The molecule has 0 saturated heterocycles. The SMILES string of the molecule is CO[C@@H]1C[C@@H]2[C@@H](C[C@@]1(C)OC(=O)c1cc(N([O-])[O-])cc(N(O)O)c1)C2(C)C. The highest BCUT2D eigenvalue weighted by Crippen LogP contribution is 2.67. The fourth-order valence-corrected chi connectivity index (χ4v) is 4.44. The molecule has 150 valence electrons. The van der Waals surface area contributed by atoms with Crippen LogP contribution in [0.1, 0.15) is 44.0 Å². The van der Waals surface area contributed by atoms with Crippen LogP contribution >= 0.6 is 0 Å². The number of hydrogen-bond donors (Lipinski definition) is 2. The van der Waals surface area contributed by atoms with Crippen LogP contribution < -0.4 is 10.5 Å². The van der Waals surface area contributed by atoms with E-state index in [1.54, 1.807) is 7.11 Å². The molecule has 0 aliphatic heterocycles. The summed E-state index contributed by atoms with van der Waals surface area (Å²) in [5.41, 5.74) is -1.59. The summed E-state index contributed by atoms with van der Waals surface area (Å²) in [6, 6.07) is 3.11. The van der Waals surface area contributed by atoms with Gasteiger partial charge in [-0.05, 0) is 55.2 Å². The van der Waals surface area contributed by atoms with Crippen LogP contribution in [0.4, 0.5) is 11.4 Å². The highest BCUT2D eigenvalue weighted by atomic mass is 16.8.